The van der Waals surface area contributed by atoms with Gasteiger partial charge in [0.2, 0.25) is 0 Å². The summed E-state index contributed by atoms with van der Waals surface area (Å²) in [6.07, 6.45) is -0.315. The van der Waals surface area contributed by atoms with Gasteiger partial charge in [0.15, 0.2) is 0 Å². The molecule has 0 aromatic carbocycles. The van der Waals surface area contributed by atoms with Crippen LogP contribution in [0.1, 0.15) is 13.3 Å². The van der Waals surface area contributed by atoms with Gasteiger partial charge >= 0.3 is 23.7 Å². The van der Waals surface area contributed by atoms with E-state index in [1.807, 2.05) is 0 Å². The minimum atomic E-state index is -4.99. The normalized spacial score (nSPS) is 20.8. The van der Waals surface area contributed by atoms with E-state index >= 15 is 0 Å². The fraction of sp³-hybridized carbons (Fsp3) is 0.600. The molecule has 0 saturated carbocycles. The summed E-state index contributed by atoms with van der Waals surface area (Å²) in [5.41, 5.74) is 0.585. The SMILES string of the molecule is C=C(C)CCP(=O)(O)OP(=O)(O)O[PH](=O)O. The third-order valence-electron chi connectivity index (χ3n) is 1.25. The monoisotopic (exact) mass is 294 g/mol. The lowest BCUT2D eigenvalue weighted by molar-refractivity contribution is 0.263. The molecule has 0 aliphatic carbocycles. The Morgan fingerprint density at radius 1 is 1.44 bits per heavy atom. The van der Waals surface area contributed by atoms with Gasteiger partial charge in [0.1, 0.15) is 0 Å². The summed E-state index contributed by atoms with van der Waals surface area (Å²) in [7, 11) is -13.1. The molecule has 3 N–H and O–H groups in total. The highest BCUT2D eigenvalue weighted by atomic mass is 31.3. The third kappa shape index (κ3) is 8.39. The van der Waals surface area contributed by atoms with Crippen molar-refractivity contribution in [3.63, 3.8) is 0 Å². The fourth-order valence-corrected chi connectivity index (χ4v) is 4.15. The van der Waals surface area contributed by atoms with Crippen molar-refractivity contribution in [2.75, 3.05) is 6.16 Å². The van der Waals surface area contributed by atoms with Gasteiger partial charge in [0, 0.05) is 0 Å². The molecular weight excluding hydrogens is 281 g/mol. The molecule has 0 aliphatic rings. The van der Waals surface area contributed by atoms with Crippen molar-refractivity contribution in [1.82, 2.24) is 0 Å². The fourth-order valence-electron chi connectivity index (χ4n) is 0.650. The summed E-state index contributed by atoms with van der Waals surface area (Å²) >= 11 is 0. The van der Waals surface area contributed by atoms with E-state index in [4.69, 9.17) is 14.7 Å². The van der Waals surface area contributed by atoms with Gasteiger partial charge in [-0.2, -0.15) is 0 Å². The van der Waals surface area contributed by atoms with Gasteiger partial charge in [-0.1, -0.05) is 5.57 Å². The van der Waals surface area contributed by atoms with Gasteiger partial charge in [0.25, 0.3) is 0 Å². The number of allylic oxidation sites excluding steroid dienone is 1. The smallest absolute Gasteiger partial charge is 0.326 e. The second kappa shape index (κ2) is 6.24. The van der Waals surface area contributed by atoms with Crippen LogP contribution in [0.15, 0.2) is 12.2 Å². The van der Waals surface area contributed by atoms with Crippen molar-refractivity contribution in [1.29, 1.82) is 0 Å². The Labute approximate surface area is 93.0 Å². The first-order chi connectivity index (χ1) is 7.04. The van der Waals surface area contributed by atoms with Crippen molar-refractivity contribution in [3.8, 4) is 0 Å². The number of hydrogen-bond donors (Lipinski definition) is 3. The molecule has 0 fully saturated rings. The Hall–Kier alpha value is 0.230. The zero-order valence-corrected chi connectivity index (χ0v) is 11.2. The van der Waals surface area contributed by atoms with Crippen molar-refractivity contribution >= 4 is 23.7 Å². The number of hydrogen-bond acceptors (Lipinski definition) is 5. The zero-order chi connectivity index (χ0) is 13.0. The van der Waals surface area contributed by atoms with Crippen molar-refractivity contribution in [2.45, 2.75) is 13.3 Å². The summed E-state index contributed by atoms with van der Waals surface area (Å²) in [4.78, 5) is 26.2. The quantitative estimate of drug-likeness (QED) is 0.477. The molecule has 3 unspecified atom stereocenters. The van der Waals surface area contributed by atoms with Crippen molar-refractivity contribution in [2.24, 2.45) is 0 Å². The molecule has 96 valence electrons. The highest BCUT2D eigenvalue weighted by Gasteiger charge is 2.34. The van der Waals surface area contributed by atoms with Gasteiger partial charge in [-0.25, -0.2) is 13.2 Å². The number of rotatable bonds is 7. The molecule has 0 radical (unpaired) electrons. The molecule has 0 spiro atoms. The van der Waals surface area contributed by atoms with E-state index in [9.17, 15) is 13.7 Å². The average molecular weight is 294 g/mol. The van der Waals surface area contributed by atoms with Crippen LogP contribution in [0.25, 0.3) is 0 Å². The molecule has 0 amide bonds. The molecule has 0 saturated heterocycles. The van der Waals surface area contributed by atoms with E-state index in [1.165, 1.54) is 0 Å². The van der Waals surface area contributed by atoms with Crippen LogP contribution in [-0.2, 0) is 22.3 Å². The van der Waals surface area contributed by atoms with Gasteiger partial charge < -0.3 is 14.7 Å². The summed E-state index contributed by atoms with van der Waals surface area (Å²) in [5.74, 6) is 0. The first kappa shape index (κ1) is 16.2. The van der Waals surface area contributed by atoms with Gasteiger partial charge in [-0.15, -0.1) is 6.58 Å². The Morgan fingerprint density at radius 3 is 2.31 bits per heavy atom. The summed E-state index contributed by atoms with van der Waals surface area (Å²) in [6, 6.07) is 0. The minimum absolute atomic E-state index is 0.113. The van der Waals surface area contributed by atoms with Crippen LogP contribution < -0.4 is 0 Å². The zero-order valence-electron chi connectivity index (χ0n) is 8.40. The molecular formula is C5H13O8P3. The van der Waals surface area contributed by atoms with Crippen LogP contribution in [0.4, 0.5) is 0 Å². The predicted molar refractivity (Wildman–Crippen MR) is 57.3 cm³/mol. The summed E-state index contributed by atoms with van der Waals surface area (Å²) in [6.45, 7) is 5.07. The average Bonchev–Trinajstić information content (AvgIpc) is 1.95. The molecule has 16 heavy (non-hydrogen) atoms. The molecule has 0 rings (SSSR count). The topological polar surface area (TPSA) is 130 Å². The molecule has 8 nitrogen and oxygen atoms in total. The van der Waals surface area contributed by atoms with Crippen molar-refractivity contribution < 1.29 is 37.0 Å². The third-order valence-corrected chi connectivity index (χ3v) is 5.43. The van der Waals surface area contributed by atoms with Crippen LogP contribution in [0.2, 0.25) is 0 Å². The van der Waals surface area contributed by atoms with E-state index in [1.54, 1.807) is 6.92 Å². The van der Waals surface area contributed by atoms with Crippen LogP contribution in [0.3, 0.4) is 0 Å². The first-order valence-corrected chi connectivity index (χ1v) is 8.49. The maximum atomic E-state index is 11.2. The second-order valence-electron chi connectivity index (χ2n) is 2.98. The lowest BCUT2D eigenvalue weighted by Crippen LogP contribution is -1.95. The van der Waals surface area contributed by atoms with Crippen molar-refractivity contribution in [3.05, 3.63) is 12.2 Å². The molecule has 0 bridgehead atoms. The van der Waals surface area contributed by atoms with Gasteiger partial charge in [-0.05, 0) is 13.3 Å². The Bertz CT molecular complexity index is 376. The van der Waals surface area contributed by atoms with Crippen LogP contribution in [-0.4, -0.2) is 20.8 Å². The summed E-state index contributed by atoms with van der Waals surface area (Å²) in [5, 5.41) is 0. The lowest BCUT2D eigenvalue weighted by atomic mass is 10.3. The van der Waals surface area contributed by atoms with Gasteiger partial charge in [-0.3, -0.25) is 9.13 Å². The van der Waals surface area contributed by atoms with E-state index in [2.05, 4.69) is 15.2 Å². The summed E-state index contributed by atoms with van der Waals surface area (Å²) < 4.78 is 39.8. The molecule has 3 atom stereocenters. The molecule has 0 heterocycles. The predicted octanol–water partition coefficient (Wildman–Crippen LogP) is 1.65. The maximum absolute atomic E-state index is 11.2. The van der Waals surface area contributed by atoms with Crippen LogP contribution in [0.5, 0.6) is 0 Å². The van der Waals surface area contributed by atoms with E-state index in [-0.39, 0.29) is 6.42 Å². The first-order valence-electron chi connectivity index (χ1n) is 3.97. The maximum Gasteiger partial charge on any atom is 0.486 e. The minimum Gasteiger partial charge on any atom is -0.326 e. The highest BCUT2D eigenvalue weighted by Crippen LogP contribution is 2.63. The molecule has 11 heteroatoms. The van der Waals surface area contributed by atoms with Crippen LogP contribution >= 0.6 is 23.7 Å². The van der Waals surface area contributed by atoms with E-state index in [0.29, 0.717) is 5.57 Å². The lowest BCUT2D eigenvalue weighted by Gasteiger charge is -2.14. The van der Waals surface area contributed by atoms with Crippen LogP contribution in [0, 0.1) is 0 Å². The highest BCUT2D eigenvalue weighted by molar-refractivity contribution is 7.66. The largest absolute Gasteiger partial charge is 0.486 e. The Kier molecular flexibility index (Phi) is 6.33. The number of phosphoric acid groups is 1. The van der Waals surface area contributed by atoms with E-state index in [0.717, 1.165) is 0 Å². The van der Waals surface area contributed by atoms with E-state index < -0.39 is 29.8 Å². The Balaban J connectivity index is 4.45. The standard InChI is InChI=1S/C5H13O8P3/c1-5(2)3-4-15(8,9)13-16(10,11)12-14(6)7/h14H,1,3-4H2,2H3,(H,6,7)(H,8,9)(H,10,11). The molecule has 0 aliphatic heterocycles. The Morgan fingerprint density at radius 2 is 1.94 bits per heavy atom. The van der Waals surface area contributed by atoms with Gasteiger partial charge in [0.05, 0.1) is 6.16 Å². The molecule has 0 aromatic rings. The second-order valence-corrected chi connectivity index (χ2v) is 7.55. The molecule has 0 aromatic heterocycles.